The number of rotatable bonds is 3. The molecule has 51 valence electrons. The molecule has 0 atom stereocenters. The zero-order chi connectivity index (χ0) is 7.49. The average molecular weight is 135 g/mol. The molecule has 0 spiro atoms. The van der Waals surface area contributed by atoms with E-state index in [9.17, 15) is 13.2 Å². The third-order valence-electron chi connectivity index (χ3n) is 0.754. The van der Waals surface area contributed by atoms with Crippen LogP contribution in [-0.2, 0) is 0 Å². The Hall–Kier alpha value is -0.730. The highest BCUT2D eigenvalue weighted by Crippen LogP contribution is 2.28. The quantitative estimate of drug-likeness (QED) is 0.521. The lowest BCUT2D eigenvalue weighted by Gasteiger charge is -2.10. The van der Waals surface area contributed by atoms with Crippen molar-refractivity contribution >= 4 is 0 Å². The topological polar surface area (TPSA) is 0 Å². The molecule has 0 aromatic heterocycles. The van der Waals surface area contributed by atoms with Crippen LogP contribution >= 0.6 is 0 Å². The minimum absolute atomic E-state index is 0.226. The highest BCUT2D eigenvalue weighted by Gasteiger charge is 2.35. The van der Waals surface area contributed by atoms with Crippen LogP contribution in [-0.4, -0.2) is 5.92 Å². The molecule has 0 aliphatic heterocycles. The molecule has 1 radical (unpaired) electrons. The second kappa shape index (κ2) is 2.71. The number of halogens is 3. The third-order valence-corrected chi connectivity index (χ3v) is 0.754. The fourth-order valence-corrected chi connectivity index (χ4v) is 0.234. The molecule has 3 heteroatoms. The first-order valence-corrected chi connectivity index (χ1v) is 2.21. The smallest absolute Gasteiger partial charge is 0.228 e. The fraction of sp³-hybridized carbons (Fsp3) is 0.167. The van der Waals surface area contributed by atoms with Gasteiger partial charge in [-0.1, -0.05) is 13.2 Å². The molecule has 9 heavy (non-hydrogen) atoms. The second-order valence-corrected chi connectivity index (χ2v) is 1.38. The monoisotopic (exact) mass is 135 g/mol. The lowest BCUT2D eigenvalue weighted by atomic mass is 10.2. The predicted octanol–water partition coefficient (Wildman–Crippen LogP) is 2.50. The summed E-state index contributed by atoms with van der Waals surface area (Å²) in [5, 5.41) is 0. The highest BCUT2D eigenvalue weighted by atomic mass is 19.3. The van der Waals surface area contributed by atoms with E-state index in [1.807, 2.05) is 0 Å². The van der Waals surface area contributed by atoms with Gasteiger partial charge in [-0.2, -0.15) is 8.78 Å². The molecule has 0 heterocycles. The van der Waals surface area contributed by atoms with Gasteiger partial charge in [0.1, 0.15) is 0 Å². The summed E-state index contributed by atoms with van der Waals surface area (Å²) in [6.45, 7) is 5.58. The summed E-state index contributed by atoms with van der Waals surface area (Å²) in [7, 11) is 0. The minimum atomic E-state index is -3.55. The third kappa shape index (κ3) is 1.91. The van der Waals surface area contributed by atoms with Gasteiger partial charge in [0.2, 0.25) is 6.17 Å². The van der Waals surface area contributed by atoms with Crippen LogP contribution < -0.4 is 0 Å². The van der Waals surface area contributed by atoms with Crippen molar-refractivity contribution in [2.45, 2.75) is 5.92 Å². The van der Waals surface area contributed by atoms with Crippen LogP contribution in [0.1, 0.15) is 0 Å². The molecule has 0 unspecified atom stereocenters. The summed E-state index contributed by atoms with van der Waals surface area (Å²) in [5.41, 5.74) is 0. The van der Waals surface area contributed by atoms with Crippen molar-refractivity contribution in [3.05, 3.63) is 31.5 Å². The summed E-state index contributed by atoms with van der Waals surface area (Å²) < 4.78 is 35.8. The normalized spacial score (nSPS) is 11.6. The molecule has 0 bridgehead atoms. The zero-order valence-corrected chi connectivity index (χ0v) is 4.70. The van der Waals surface area contributed by atoms with E-state index < -0.39 is 12.1 Å². The number of allylic oxidation sites excluding steroid dienone is 2. The van der Waals surface area contributed by atoms with Crippen molar-refractivity contribution in [2.75, 3.05) is 0 Å². The van der Waals surface area contributed by atoms with Crippen LogP contribution in [0, 0.1) is 6.17 Å². The summed E-state index contributed by atoms with van der Waals surface area (Å²) in [6.07, 6.45) is -0.886. The molecule has 0 rings (SSSR count). The van der Waals surface area contributed by atoms with Crippen LogP contribution in [0.5, 0.6) is 0 Å². The van der Waals surface area contributed by atoms with E-state index in [1.165, 1.54) is 0 Å². The van der Waals surface area contributed by atoms with Gasteiger partial charge < -0.3 is 0 Å². The molecule has 0 aromatic carbocycles. The number of hydrogen-bond acceptors (Lipinski definition) is 0. The van der Waals surface area contributed by atoms with Crippen molar-refractivity contribution in [3.8, 4) is 0 Å². The molecule has 0 saturated carbocycles. The summed E-state index contributed by atoms with van der Waals surface area (Å²) in [5.74, 6) is -3.55. The van der Waals surface area contributed by atoms with E-state index in [1.54, 1.807) is 0 Å². The molecule has 0 saturated heterocycles. The van der Waals surface area contributed by atoms with Crippen molar-refractivity contribution in [1.29, 1.82) is 0 Å². The van der Waals surface area contributed by atoms with Gasteiger partial charge in [0, 0.05) is 0 Å². The van der Waals surface area contributed by atoms with Gasteiger partial charge in [0.25, 0.3) is 0 Å². The number of hydrogen-bond donors (Lipinski definition) is 0. The van der Waals surface area contributed by atoms with Gasteiger partial charge in [-0.05, 0) is 12.2 Å². The van der Waals surface area contributed by atoms with Crippen LogP contribution in [0.25, 0.3) is 0 Å². The fourth-order valence-electron chi connectivity index (χ4n) is 0.234. The van der Waals surface area contributed by atoms with E-state index in [0.717, 1.165) is 0 Å². The summed E-state index contributed by atoms with van der Waals surface area (Å²) >= 11 is 0. The van der Waals surface area contributed by atoms with Gasteiger partial charge in [-0.15, -0.1) is 0 Å². The molecule has 0 fully saturated rings. The Kier molecular flexibility index (Phi) is 2.49. The maximum Gasteiger partial charge on any atom is 0.306 e. The maximum absolute atomic E-state index is 11.9. The van der Waals surface area contributed by atoms with E-state index in [4.69, 9.17) is 0 Å². The Morgan fingerprint density at radius 3 is 1.89 bits per heavy atom. The lowest BCUT2D eigenvalue weighted by Crippen LogP contribution is -2.17. The largest absolute Gasteiger partial charge is 0.306 e. The van der Waals surface area contributed by atoms with Crippen molar-refractivity contribution in [1.82, 2.24) is 0 Å². The Morgan fingerprint density at radius 2 is 1.78 bits per heavy atom. The first kappa shape index (κ1) is 8.27. The summed E-state index contributed by atoms with van der Waals surface area (Å²) in [6, 6.07) is 0. The van der Waals surface area contributed by atoms with Crippen molar-refractivity contribution in [3.63, 3.8) is 0 Å². The van der Waals surface area contributed by atoms with Gasteiger partial charge in [-0.3, -0.25) is 0 Å². The lowest BCUT2D eigenvalue weighted by molar-refractivity contribution is 0.0439. The van der Waals surface area contributed by atoms with Crippen LogP contribution in [0.15, 0.2) is 25.3 Å². The first-order chi connectivity index (χ1) is 4.04. The first-order valence-electron chi connectivity index (χ1n) is 2.21. The molecular formula is C6H6F3. The SMILES string of the molecule is C=C[C](F)C(F)(F)C=C. The van der Waals surface area contributed by atoms with E-state index >= 15 is 0 Å². The molecule has 0 aromatic rings. The van der Waals surface area contributed by atoms with Crippen LogP contribution in [0.2, 0.25) is 0 Å². The van der Waals surface area contributed by atoms with Gasteiger partial charge >= 0.3 is 5.92 Å². The number of alkyl halides is 2. The standard InChI is InChI=1S/C6H6F3/c1-3-5(7)6(8,9)4-2/h3-4H,1-2H2. The second-order valence-electron chi connectivity index (χ2n) is 1.38. The average Bonchev–Trinajstić information content (AvgIpc) is 1.86. The van der Waals surface area contributed by atoms with Crippen LogP contribution in [0.3, 0.4) is 0 Å². The van der Waals surface area contributed by atoms with Crippen molar-refractivity contribution < 1.29 is 13.2 Å². The molecule has 0 aliphatic carbocycles. The molecular weight excluding hydrogens is 129 g/mol. The van der Waals surface area contributed by atoms with E-state index in [0.29, 0.717) is 6.08 Å². The van der Waals surface area contributed by atoms with Gasteiger partial charge in [-0.25, -0.2) is 4.39 Å². The maximum atomic E-state index is 11.9. The Labute approximate surface area is 51.7 Å². The molecule has 0 aliphatic rings. The van der Waals surface area contributed by atoms with Crippen molar-refractivity contribution in [2.24, 2.45) is 0 Å². The van der Waals surface area contributed by atoms with Crippen LogP contribution in [0.4, 0.5) is 13.2 Å². The van der Waals surface area contributed by atoms with E-state index in [2.05, 4.69) is 13.2 Å². The highest BCUT2D eigenvalue weighted by molar-refractivity contribution is 5.14. The Balaban J connectivity index is 4.11. The Bertz CT molecular complexity index is 117. The molecule has 0 amide bonds. The minimum Gasteiger partial charge on any atom is -0.228 e. The zero-order valence-electron chi connectivity index (χ0n) is 4.70. The molecule has 0 nitrogen and oxygen atoms in total. The molecule has 0 N–H and O–H groups in total. The van der Waals surface area contributed by atoms with Gasteiger partial charge in [0.05, 0.1) is 0 Å². The Morgan fingerprint density at radius 1 is 1.33 bits per heavy atom. The predicted molar refractivity (Wildman–Crippen MR) is 29.7 cm³/mol. The summed E-state index contributed by atoms with van der Waals surface area (Å²) in [4.78, 5) is 0. The van der Waals surface area contributed by atoms with Gasteiger partial charge in [0.15, 0.2) is 0 Å². The van der Waals surface area contributed by atoms with E-state index in [-0.39, 0.29) is 6.08 Å².